The molecule has 0 radical (unpaired) electrons. The quantitative estimate of drug-likeness (QED) is 0.807. The normalized spacial score (nSPS) is 11.8. The van der Waals surface area contributed by atoms with Crippen LogP contribution in [0.15, 0.2) is 41.3 Å². The van der Waals surface area contributed by atoms with Gasteiger partial charge in [0, 0.05) is 20.1 Å². The molecule has 1 rings (SSSR count). The summed E-state index contributed by atoms with van der Waals surface area (Å²) >= 11 is 0. The Kier molecular flexibility index (Phi) is 4.45. The monoisotopic (exact) mass is 254 g/mol. The topological polar surface area (TPSA) is 63.4 Å². The fourth-order valence-electron chi connectivity index (χ4n) is 1.44. The van der Waals surface area contributed by atoms with Gasteiger partial charge < -0.3 is 5.73 Å². The van der Waals surface area contributed by atoms with Crippen molar-refractivity contribution < 1.29 is 8.42 Å². The van der Waals surface area contributed by atoms with Gasteiger partial charge in [0.15, 0.2) is 0 Å². The molecule has 0 amide bonds. The highest BCUT2D eigenvalue weighted by atomic mass is 32.2. The van der Waals surface area contributed by atoms with Gasteiger partial charge in [-0.2, -0.15) is 4.31 Å². The molecule has 0 saturated carbocycles. The van der Waals surface area contributed by atoms with Crippen molar-refractivity contribution in [3.63, 3.8) is 0 Å². The van der Waals surface area contributed by atoms with Crippen molar-refractivity contribution in [2.75, 3.05) is 13.6 Å². The second-order valence-electron chi connectivity index (χ2n) is 4.07. The fourth-order valence-corrected chi connectivity index (χ4v) is 2.67. The molecule has 0 fully saturated rings. The Labute approximate surface area is 103 Å². The summed E-state index contributed by atoms with van der Waals surface area (Å²) in [5.74, 6) is 0. The van der Waals surface area contributed by atoms with E-state index in [1.54, 1.807) is 38.2 Å². The Balaban J connectivity index is 3.00. The third kappa shape index (κ3) is 3.39. The van der Waals surface area contributed by atoms with E-state index in [4.69, 9.17) is 5.73 Å². The highest BCUT2D eigenvalue weighted by molar-refractivity contribution is 7.89. The number of hydrogen-bond donors (Lipinski definition) is 1. The van der Waals surface area contributed by atoms with Crippen molar-refractivity contribution in [1.82, 2.24) is 4.31 Å². The molecular weight excluding hydrogens is 236 g/mol. The molecule has 0 unspecified atom stereocenters. The number of nitrogens with zero attached hydrogens (tertiary/aromatic N) is 1. The number of hydrogen-bond acceptors (Lipinski definition) is 3. The summed E-state index contributed by atoms with van der Waals surface area (Å²) in [4.78, 5) is 0.276. The molecule has 0 atom stereocenters. The van der Waals surface area contributed by atoms with Crippen molar-refractivity contribution in [1.29, 1.82) is 0 Å². The van der Waals surface area contributed by atoms with Gasteiger partial charge >= 0.3 is 0 Å². The number of rotatable bonds is 5. The van der Waals surface area contributed by atoms with E-state index in [-0.39, 0.29) is 4.90 Å². The van der Waals surface area contributed by atoms with Crippen LogP contribution in [0.3, 0.4) is 0 Å². The Morgan fingerprint density at radius 3 is 2.29 bits per heavy atom. The summed E-state index contributed by atoms with van der Waals surface area (Å²) in [5.41, 5.74) is 7.17. The molecule has 5 heteroatoms. The highest BCUT2D eigenvalue weighted by Gasteiger charge is 2.20. The molecule has 4 nitrogen and oxygen atoms in total. The van der Waals surface area contributed by atoms with E-state index < -0.39 is 10.0 Å². The van der Waals surface area contributed by atoms with Crippen LogP contribution >= 0.6 is 0 Å². The van der Waals surface area contributed by atoms with Gasteiger partial charge in [0.1, 0.15) is 0 Å². The standard InChI is InChI=1S/C12H18N2O2S/c1-10(2)9-14(3)17(15,16)12-6-4-11(8-13)5-7-12/h4-7H,1,8-9,13H2,2-3H3. The lowest BCUT2D eigenvalue weighted by Crippen LogP contribution is -2.28. The van der Waals surface area contributed by atoms with E-state index >= 15 is 0 Å². The van der Waals surface area contributed by atoms with Crippen LogP contribution in [0.2, 0.25) is 0 Å². The predicted molar refractivity (Wildman–Crippen MR) is 69.0 cm³/mol. The van der Waals surface area contributed by atoms with Crippen LogP contribution < -0.4 is 5.73 Å². The number of nitrogens with two attached hydrogens (primary N) is 1. The van der Waals surface area contributed by atoms with E-state index in [0.717, 1.165) is 11.1 Å². The lowest BCUT2D eigenvalue weighted by molar-refractivity contribution is 0.493. The van der Waals surface area contributed by atoms with Crippen molar-refractivity contribution in [2.45, 2.75) is 18.4 Å². The summed E-state index contributed by atoms with van der Waals surface area (Å²) in [6.45, 7) is 6.23. The maximum atomic E-state index is 12.1. The van der Waals surface area contributed by atoms with Crippen LogP contribution in [-0.2, 0) is 16.6 Å². The van der Waals surface area contributed by atoms with E-state index in [1.165, 1.54) is 4.31 Å². The summed E-state index contributed by atoms with van der Waals surface area (Å²) in [7, 11) is -1.88. The smallest absolute Gasteiger partial charge is 0.243 e. The lowest BCUT2D eigenvalue weighted by Gasteiger charge is -2.17. The van der Waals surface area contributed by atoms with Crippen molar-refractivity contribution in [2.24, 2.45) is 5.73 Å². The zero-order valence-electron chi connectivity index (χ0n) is 10.2. The first kappa shape index (κ1) is 13.9. The second kappa shape index (κ2) is 5.44. The first-order valence-electron chi connectivity index (χ1n) is 5.27. The zero-order chi connectivity index (χ0) is 13.1. The van der Waals surface area contributed by atoms with Crippen LogP contribution in [0.1, 0.15) is 12.5 Å². The third-order valence-electron chi connectivity index (χ3n) is 2.36. The summed E-state index contributed by atoms with van der Waals surface area (Å²) in [6, 6.07) is 6.60. The van der Waals surface area contributed by atoms with Gasteiger partial charge in [0.2, 0.25) is 10.0 Å². The first-order valence-corrected chi connectivity index (χ1v) is 6.71. The number of likely N-dealkylation sites (N-methyl/N-ethyl adjacent to an activating group) is 1. The lowest BCUT2D eigenvalue weighted by atomic mass is 10.2. The molecule has 0 heterocycles. The van der Waals surface area contributed by atoms with Crippen LogP contribution in [0.4, 0.5) is 0 Å². The summed E-state index contributed by atoms with van der Waals surface area (Å²) < 4.78 is 25.5. The van der Waals surface area contributed by atoms with Crippen LogP contribution in [0.25, 0.3) is 0 Å². The van der Waals surface area contributed by atoms with Crippen LogP contribution in [-0.4, -0.2) is 26.3 Å². The first-order chi connectivity index (χ1) is 7.87. The molecule has 0 aliphatic rings. The largest absolute Gasteiger partial charge is 0.326 e. The predicted octanol–water partition coefficient (Wildman–Crippen LogP) is 1.34. The fraction of sp³-hybridized carbons (Fsp3) is 0.333. The molecule has 0 aliphatic carbocycles. The molecular formula is C12H18N2O2S. The maximum Gasteiger partial charge on any atom is 0.243 e. The zero-order valence-corrected chi connectivity index (χ0v) is 11.0. The molecule has 94 valence electrons. The minimum atomic E-state index is -3.43. The van der Waals surface area contributed by atoms with Crippen molar-refractivity contribution in [3.05, 3.63) is 42.0 Å². The Bertz CT molecular complexity index is 492. The minimum absolute atomic E-state index is 0.276. The molecule has 0 aliphatic heterocycles. The molecule has 1 aromatic carbocycles. The van der Waals surface area contributed by atoms with Crippen LogP contribution in [0, 0.1) is 0 Å². The van der Waals surface area contributed by atoms with E-state index in [0.29, 0.717) is 13.1 Å². The SMILES string of the molecule is C=C(C)CN(C)S(=O)(=O)c1ccc(CN)cc1. The average molecular weight is 254 g/mol. The van der Waals surface area contributed by atoms with Gasteiger partial charge in [-0.1, -0.05) is 24.3 Å². The van der Waals surface area contributed by atoms with Gasteiger partial charge in [-0.15, -0.1) is 0 Å². The van der Waals surface area contributed by atoms with Crippen molar-refractivity contribution in [3.8, 4) is 0 Å². The minimum Gasteiger partial charge on any atom is -0.326 e. The van der Waals surface area contributed by atoms with Gasteiger partial charge in [-0.3, -0.25) is 0 Å². The molecule has 0 bridgehead atoms. The average Bonchev–Trinajstić information content (AvgIpc) is 2.28. The van der Waals surface area contributed by atoms with Gasteiger partial charge in [0.25, 0.3) is 0 Å². The Hall–Kier alpha value is -1.17. The maximum absolute atomic E-state index is 12.1. The van der Waals surface area contributed by atoms with Gasteiger partial charge in [0.05, 0.1) is 4.90 Å². The second-order valence-corrected chi connectivity index (χ2v) is 6.11. The molecule has 0 aromatic heterocycles. The number of benzene rings is 1. The number of sulfonamides is 1. The molecule has 0 spiro atoms. The van der Waals surface area contributed by atoms with Crippen molar-refractivity contribution >= 4 is 10.0 Å². The van der Waals surface area contributed by atoms with Gasteiger partial charge in [-0.25, -0.2) is 8.42 Å². The molecule has 2 N–H and O–H groups in total. The Morgan fingerprint density at radius 2 is 1.88 bits per heavy atom. The summed E-state index contributed by atoms with van der Waals surface area (Å²) in [5, 5.41) is 0. The summed E-state index contributed by atoms with van der Waals surface area (Å²) in [6.07, 6.45) is 0. The molecule has 0 saturated heterocycles. The van der Waals surface area contributed by atoms with E-state index in [9.17, 15) is 8.42 Å². The third-order valence-corrected chi connectivity index (χ3v) is 4.18. The van der Waals surface area contributed by atoms with Gasteiger partial charge in [-0.05, 0) is 24.6 Å². The van der Waals surface area contributed by atoms with E-state index in [1.807, 2.05) is 0 Å². The highest BCUT2D eigenvalue weighted by Crippen LogP contribution is 2.15. The molecule has 1 aromatic rings. The van der Waals surface area contributed by atoms with Crippen LogP contribution in [0.5, 0.6) is 0 Å². The Morgan fingerprint density at radius 1 is 1.35 bits per heavy atom. The van der Waals surface area contributed by atoms with E-state index in [2.05, 4.69) is 6.58 Å². The molecule has 17 heavy (non-hydrogen) atoms.